The van der Waals surface area contributed by atoms with E-state index in [1.54, 1.807) is 0 Å². The fraction of sp³-hybridized carbons (Fsp3) is 0.318. The molecule has 1 amide bonds. The summed E-state index contributed by atoms with van der Waals surface area (Å²) < 4.78 is 5.25. The lowest BCUT2D eigenvalue weighted by molar-refractivity contribution is -0.118. The molecule has 140 valence electrons. The van der Waals surface area contributed by atoms with Crippen LogP contribution < -0.4 is 4.90 Å². The van der Waals surface area contributed by atoms with Crippen molar-refractivity contribution in [2.45, 2.75) is 39.0 Å². The van der Waals surface area contributed by atoms with E-state index in [0.717, 1.165) is 24.9 Å². The second-order valence-electron chi connectivity index (χ2n) is 6.47. The van der Waals surface area contributed by atoms with Crippen LogP contribution >= 0.6 is 0 Å². The van der Waals surface area contributed by atoms with Crippen LogP contribution in [0.25, 0.3) is 0 Å². The Balaban J connectivity index is 1.64. The van der Waals surface area contributed by atoms with Gasteiger partial charge in [0.15, 0.2) is 5.82 Å². The number of benzene rings is 2. The predicted molar refractivity (Wildman–Crippen MR) is 106 cm³/mol. The number of aryl methyl sites for hydroxylation is 2. The van der Waals surface area contributed by atoms with E-state index in [0.29, 0.717) is 31.1 Å². The van der Waals surface area contributed by atoms with E-state index in [4.69, 9.17) is 4.52 Å². The van der Waals surface area contributed by atoms with Gasteiger partial charge in [0, 0.05) is 31.5 Å². The molecular formula is C22H25N3O2. The molecule has 0 aliphatic heterocycles. The van der Waals surface area contributed by atoms with E-state index in [2.05, 4.69) is 29.2 Å². The number of amides is 1. The van der Waals surface area contributed by atoms with Gasteiger partial charge in [0.2, 0.25) is 11.8 Å². The fourth-order valence-electron chi connectivity index (χ4n) is 2.96. The lowest BCUT2D eigenvalue weighted by Crippen LogP contribution is -2.33. The van der Waals surface area contributed by atoms with Crippen LogP contribution in [0.1, 0.15) is 37.0 Å². The van der Waals surface area contributed by atoms with Crippen LogP contribution in [0.3, 0.4) is 0 Å². The first kappa shape index (κ1) is 18.8. The molecule has 3 rings (SSSR count). The van der Waals surface area contributed by atoms with Crippen molar-refractivity contribution in [3.8, 4) is 0 Å². The quantitative estimate of drug-likeness (QED) is 0.571. The lowest BCUT2D eigenvalue weighted by Gasteiger charge is -2.23. The summed E-state index contributed by atoms with van der Waals surface area (Å²) >= 11 is 0. The summed E-state index contributed by atoms with van der Waals surface area (Å²) in [5.41, 5.74) is 2.13. The van der Waals surface area contributed by atoms with Crippen molar-refractivity contribution < 1.29 is 9.32 Å². The fourth-order valence-corrected chi connectivity index (χ4v) is 2.96. The lowest BCUT2D eigenvalue weighted by atomic mass is 10.1. The highest BCUT2D eigenvalue weighted by molar-refractivity contribution is 5.93. The zero-order valence-corrected chi connectivity index (χ0v) is 15.7. The summed E-state index contributed by atoms with van der Waals surface area (Å²) in [6.07, 6.45) is 3.38. The van der Waals surface area contributed by atoms with E-state index in [1.165, 1.54) is 5.56 Å². The Bertz CT molecular complexity index is 831. The Hall–Kier alpha value is -2.95. The maximum Gasteiger partial charge on any atom is 0.227 e. The molecule has 1 aromatic heterocycles. The first-order valence-corrected chi connectivity index (χ1v) is 9.47. The van der Waals surface area contributed by atoms with Crippen molar-refractivity contribution in [2.24, 2.45) is 0 Å². The first-order chi connectivity index (χ1) is 13.3. The molecule has 0 atom stereocenters. The Morgan fingerprint density at radius 1 is 0.963 bits per heavy atom. The molecule has 5 heteroatoms. The Labute approximate surface area is 160 Å². The third-order valence-corrected chi connectivity index (χ3v) is 4.37. The first-order valence-electron chi connectivity index (χ1n) is 9.47. The molecule has 0 aliphatic carbocycles. The van der Waals surface area contributed by atoms with Gasteiger partial charge in [-0.05, 0) is 30.5 Å². The van der Waals surface area contributed by atoms with E-state index in [9.17, 15) is 4.79 Å². The minimum absolute atomic E-state index is 0.0624. The maximum atomic E-state index is 12.9. The number of carbonyl (C=O) groups is 1. The zero-order valence-electron chi connectivity index (χ0n) is 15.7. The van der Waals surface area contributed by atoms with E-state index in [1.807, 2.05) is 53.4 Å². The van der Waals surface area contributed by atoms with Gasteiger partial charge in [0.25, 0.3) is 0 Å². The normalized spacial score (nSPS) is 10.7. The van der Waals surface area contributed by atoms with E-state index >= 15 is 0 Å². The Morgan fingerprint density at radius 2 is 1.67 bits per heavy atom. The minimum atomic E-state index is 0.0624. The Kier molecular flexibility index (Phi) is 6.74. The number of hydrogen-bond donors (Lipinski definition) is 0. The van der Waals surface area contributed by atoms with Crippen LogP contribution in [0.4, 0.5) is 5.69 Å². The van der Waals surface area contributed by atoms with Gasteiger partial charge in [-0.3, -0.25) is 4.79 Å². The third kappa shape index (κ3) is 5.51. The third-order valence-electron chi connectivity index (χ3n) is 4.37. The molecule has 2 aromatic carbocycles. The van der Waals surface area contributed by atoms with Crippen molar-refractivity contribution in [3.05, 3.63) is 77.9 Å². The Morgan fingerprint density at radius 3 is 2.37 bits per heavy atom. The number of carbonyl (C=O) groups excluding carboxylic acids is 1. The van der Waals surface area contributed by atoms with Crippen molar-refractivity contribution in [2.75, 3.05) is 11.4 Å². The highest BCUT2D eigenvalue weighted by Crippen LogP contribution is 2.17. The van der Waals surface area contributed by atoms with Crippen molar-refractivity contribution in [3.63, 3.8) is 0 Å². The van der Waals surface area contributed by atoms with Gasteiger partial charge < -0.3 is 9.42 Å². The van der Waals surface area contributed by atoms with Gasteiger partial charge in [-0.1, -0.05) is 60.6 Å². The number of hydrogen-bond acceptors (Lipinski definition) is 4. The van der Waals surface area contributed by atoms with Crippen molar-refractivity contribution in [1.29, 1.82) is 0 Å². The highest BCUT2D eigenvalue weighted by Gasteiger charge is 2.17. The molecule has 0 radical (unpaired) electrons. The van der Waals surface area contributed by atoms with E-state index < -0.39 is 0 Å². The summed E-state index contributed by atoms with van der Waals surface area (Å²) in [7, 11) is 0. The molecule has 0 bridgehead atoms. The largest absolute Gasteiger partial charge is 0.339 e. The van der Waals surface area contributed by atoms with Gasteiger partial charge in [-0.15, -0.1) is 0 Å². The number of aromatic nitrogens is 2. The van der Waals surface area contributed by atoms with Gasteiger partial charge in [-0.2, -0.15) is 4.98 Å². The molecule has 0 saturated heterocycles. The van der Waals surface area contributed by atoms with Crippen molar-refractivity contribution >= 4 is 11.6 Å². The van der Waals surface area contributed by atoms with Crippen LogP contribution in [0.5, 0.6) is 0 Å². The molecule has 0 fully saturated rings. The minimum Gasteiger partial charge on any atom is -0.339 e. The van der Waals surface area contributed by atoms with Gasteiger partial charge >= 0.3 is 0 Å². The number of nitrogens with zero attached hydrogens (tertiary/aromatic N) is 3. The molecule has 27 heavy (non-hydrogen) atoms. The zero-order chi connectivity index (χ0) is 18.9. The molecule has 0 unspecified atom stereocenters. The summed E-state index contributed by atoms with van der Waals surface area (Å²) in [6.45, 7) is 2.71. The van der Waals surface area contributed by atoms with Crippen LogP contribution in [0.15, 0.2) is 65.2 Å². The summed E-state index contributed by atoms with van der Waals surface area (Å²) in [6, 6.07) is 20.0. The molecule has 0 aliphatic rings. The summed E-state index contributed by atoms with van der Waals surface area (Å²) in [4.78, 5) is 19.1. The second-order valence-corrected chi connectivity index (χ2v) is 6.47. The molecule has 5 nitrogen and oxygen atoms in total. The van der Waals surface area contributed by atoms with Gasteiger partial charge in [-0.25, -0.2) is 0 Å². The topological polar surface area (TPSA) is 59.2 Å². The average Bonchev–Trinajstić information content (AvgIpc) is 3.16. The number of para-hydroxylation sites is 1. The summed E-state index contributed by atoms with van der Waals surface area (Å²) in [5, 5.41) is 3.95. The van der Waals surface area contributed by atoms with Crippen LogP contribution in [0.2, 0.25) is 0 Å². The van der Waals surface area contributed by atoms with Gasteiger partial charge in [0.1, 0.15) is 0 Å². The van der Waals surface area contributed by atoms with Crippen LogP contribution in [-0.2, 0) is 24.1 Å². The SMILES string of the molecule is CCCc1noc(CCC(=O)N(CCc2ccccc2)c2ccccc2)n1. The van der Waals surface area contributed by atoms with Gasteiger partial charge in [0.05, 0.1) is 0 Å². The van der Waals surface area contributed by atoms with Crippen molar-refractivity contribution in [1.82, 2.24) is 10.1 Å². The molecular weight excluding hydrogens is 338 g/mol. The predicted octanol–water partition coefficient (Wildman–Crippen LogP) is 4.23. The molecule has 1 heterocycles. The number of rotatable bonds is 9. The van der Waals surface area contributed by atoms with Crippen LogP contribution in [0, 0.1) is 0 Å². The van der Waals surface area contributed by atoms with Crippen LogP contribution in [-0.4, -0.2) is 22.6 Å². The molecule has 0 N–H and O–H groups in total. The second kappa shape index (κ2) is 9.67. The molecule has 0 saturated carbocycles. The summed E-state index contributed by atoms with van der Waals surface area (Å²) in [5.74, 6) is 1.30. The highest BCUT2D eigenvalue weighted by atomic mass is 16.5. The standard InChI is InChI=1S/C22H25N3O2/c1-2-9-20-23-21(27-24-20)14-15-22(26)25(19-12-7-4-8-13-19)17-16-18-10-5-3-6-11-18/h3-8,10-13H,2,9,14-17H2,1H3. The van der Waals surface area contributed by atoms with E-state index in [-0.39, 0.29) is 5.91 Å². The molecule has 3 aromatic rings. The molecule has 0 spiro atoms. The smallest absolute Gasteiger partial charge is 0.227 e. The maximum absolute atomic E-state index is 12.9. The number of anilines is 1. The monoisotopic (exact) mass is 363 g/mol. The average molecular weight is 363 g/mol.